The molecule has 2 N–H and O–H groups in total. The molecule has 8 nitrogen and oxygen atoms in total. The molecule has 0 spiro atoms. The average Bonchev–Trinajstić information content (AvgIpc) is 3.30. The number of anilines is 1. The van der Waals surface area contributed by atoms with Gasteiger partial charge in [0.25, 0.3) is 0 Å². The van der Waals surface area contributed by atoms with E-state index in [2.05, 4.69) is 20.4 Å². The van der Waals surface area contributed by atoms with Crippen LogP contribution in [0.5, 0.6) is 5.75 Å². The molecule has 1 heterocycles. The first-order valence-electron chi connectivity index (χ1n) is 11.6. The normalized spacial score (nSPS) is 16.2. The molecule has 0 bridgehead atoms. The molecule has 180 valence electrons. The third kappa shape index (κ3) is 11.3. The second kappa shape index (κ2) is 15.5. The fourth-order valence-electron chi connectivity index (χ4n) is 3.22. The molecular formula is C24H39N3O5. The van der Waals surface area contributed by atoms with Crippen molar-refractivity contribution in [3.05, 3.63) is 24.3 Å². The number of guanidine groups is 1. The van der Waals surface area contributed by atoms with Crippen molar-refractivity contribution in [2.75, 3.05) is 45.3 Å². The summed E-state index contributed by atoms with van der Waals surface area (Å²) in [4.78, 5) is 15.9. The summed E-state index contributed by atoms with van der Waals surface area (Å²) in [5, 5.41) is 6.67. The lowest BCUT2D eigenvalue weighted by Gasteiger charge is -2.14. The topological polar surface area (TPSA) is 90.4 Å². The smallest absolute Gasteiger partial charge is 0.305 e. The summed E-state index contributed by atoms with van der Waals surface area (Å²) < 4.78 is 21.7. The molecule has 8 heteroatoms. The van der Waals surface area contributed by atoms with Crippen LogP contribution in [0.4, 0.5) is 5.69 Å². The van der Waals surface area contributed by atoms with Crippen molar-refractivity contribution in [3.63, 3.8) is 0 Å². The molecule has 32 heavy (non-hydrogen) atoms. The highest BCUT2D eigenvalue weighted by Crippen LogP contribution is 2.17. The van der Waals surface area contributed by atoms with Gasteiger partial charge in [0.1, 0.15) is 5.75 Å². The van der Waals surface area contributed by atoms with Crippen molar-refractivity contribution in [3.8, 4) is 5.75 Å². The average molecular weight is 450 g/mol. The Balaban J connectivity index is 1.78. The number of benzene rings is 1. The number of aliphatic imine (C=N–C) groups is 1. The highest BCUT2D eigenvalue weighted by Gasteiger charge is 2.14. The van der Waals surface area contributed by atoms with Crippen LogP contribution < -0.4 is 15.4 Å². The Morgan fingerprint density at radius 1 is 1.22 bits per heavy atom. The third-order valence-corrected chi connectivity index (χ3v) is 4.86. The van der Waals surface area contributed by atoms with Crippen molar-refractivity contribution < 1.29 is 23.7 Å². The highest BCUT2D eigenvalue weighted by atomic mass is 16.5. The molecule has 0 amide bonds. The minimum Gasteiger partial charge on any atom is -0.491 e. The Morgan fingerprint density at radius 3 is 2.72 bits per heavy atom. The zero-order valence-electron chi connectivity index (χ0n) is 19.7. The van der Waals surface area contributed by atoms with E-state index in [0.717, 1.165) is 50.1 Å². The summed E-state index contributed by atoms with van der Waals surface area (Å²) in [7, 11) is 1.41. The van der Waals surface area contributed by atoms with Crippen molar-refractivity contribution >= 4 is 17.6 Å². The molecule has 1 aromatic rings. The fourth-order valence-corrected chi connectivity index (χ4v) is 3.22. The van der Waals surface area contributed by atoms with E-state index >= 15 is 0 Å². The summed E-state index contributed by atoms with van der Waals surface area (Å²) in [6.07, 6.45) is 5.49. The molecular weight excluding hydrogens is 410 g/mol. The van der Waals surface area contributed by atoms with Crippen LogP contribution in [0.15, 0.2) is 29.3 Å². The predicted octanol–water partition coefficient (Wildman–Crippen LogP) is 3.76. The van der Waals surface area contributed by atoms with Gasteiger partial charge in [-0.15, -0.1) is 0 Å². The number of ether oxygens (including phenoxy) is 4. The van der Waals surface area contributed by atoms with Gasteiger partial charge in [0.2, 0.25) is 0 Å². The number of carbonyl (C=O) groups is 1. The Labute approximate surface area is 192 Å². The number of nitrogens with one attached hydrogen (secondary N) is 2. The van der Waals surface area contributed by atoms with Crippen LogP contribution in [0.3, 0.4) is 0 Å². The second-order valence-electron chi connectivity index (χ2n) is 8.07. The molecule has 0 radical (unpaired) electrons. The number of hydrogen-bond donors (Lipinski definition) is 2. The summed E-state index contributed by atoms with van der Waals surface area (Å²) in [6, 6.07) is 7.82. The lowest BCUT2D eigenvalue weighted by molar-refractivity contribution is -0.140. The van der Waals surface area contributed by atoms with Gasteiger partial charge < -0.3 is 29.6 Å². The number of hydrogen-bond acceptors (Lipinski definition) is 6. The van der Waals surface area contributed by atoms with E-state index in [9.17, 15) is 4.79 Å². The van der Waals surface area contributed by atoms with Crippen LogP contribution in [-0.4, -0.2) is 64.2 Å². The first kappa shape index (κ1) is 25.9. The number of methoxy groups -OCH3 is 1. The molecule has 0 aliphatic carbocycles. The lowest BCUT2D eigenvalue weighted by atomic mass is 10.2. The fraction of sp³-hybridized carbons (Fsp3) is 0.667. The first-order chi connectivity index (χ1) is 15.6. The minimum atomic E-state index is -0.177. The molecule has 1 atom stereocenters. The van der Waals surface area contributed by atoms with Gasteiger partial charge in [0, 0.05) is 38.4 Å². The zero-order valence-corrected chi connectivity index (χ0v) is 19.7. The van der Waals surface area contributed by atoms with Gasteiger partial charge in [-0.05, 0) is 70.2 Å². The minimum absolute atomic E-state index is 0.139. The van der Waals surface area contributed by atoms with E-state index in [4.69, 9.17) is 14.2 Å². The van der Waals surface area contributed by atoms with Gasteiger partial charge in [0.05, 0.1) is 25.9 Å². The predicted molar refractivity (Wildman–Crippen MR) is 126 cm³/mol. The van der Waals surface area contributed by atoms with E-state index in [1.807, 2.05) is 38.1 Å². The van der Waals surface area contributed by atoms with Crippen LogP contribution >= 0.6 is 0 Å². The molecule has 0 saturated carbocycles. The molecule has 1 aromatic carbocycles. The molecule has 1 unspecified atom stereocenters. The molecule has 2 rings (SSSR count). The highest BCUT2D eigenvalue weighted by molar-refractivity contribution is 5.93. The SMILES string of the molecule is COC(=O)CCCCNC(=NCCCOCC1CCCO1)Nc1ccc(OC(C)C)cc1. The van der Waals surface area contributed by atoms with Crippen LogP contribution in [0.1, 0.15) is 52.4 Å². The molecule has 1 aliphatic heterocycles. The maximum absolute atomic E-state index is 11.2. The van der Waals surface area contributed by atoms with Gasteiger partial charge in [-0.1, -0.05) is 0 Å². The largest absolute Gasteiger partial charge is 0.491 e. The lowest BCUT2D eigenvalue weighted by Crippen LogP contribution is -2.32. The van der Waals surface area contributed by atoms with E-state index in [-0.39, 0.29) is 18.2 Å². The van der Waals surface area contributed by atoms with E-state index in [0.29, 0.717) is 38.7 Å². The molecule has 1 aliphatic rings. The Morgan fingerprint density at radius 2 is 2.03 bits per heavy atom. The first-order valence-corrected chi connectivity index (χ1v) is 11.6. The van der Waals surface area contributed by atoms with Crippen LogP contribution in [0, 0.1) is 0 Å². The van der Waals surface area contributed by atoms with Gasteiger partial charge >= 0.3 is 5.97 Å². The van der Waals surface area contributed by atoms with Gasteiger partial charge in [-0.25, -0.2) is 0 Å². The summed E-state index contributed by atoms with van der Waals surface area (Å²) in [5.41, 5.74) is 0.927. The molecule has 1 fully saturated rings. The van der Waals surface area contributed by atoms with Crippen molar-refractivity contribution in [2.24, 2.45) is 4.99 Å². The number of carbonyl (C=O) groups excluding carboxylic acids is 1. The Bertz CT molecular complexity index is 673. The Kier molecular flexibility index (Phi) is 12.5. The van der Waals surface area contributed by atoms with Crippen molar-refractivity contribution in [2.45, 2.75) is 64.6 Å². The van der Waals surface area contributed by atoms with Crippen LogP contribution in [-0.2, 0) is 19.0 Å². The van der Waals surface area contributed by atoms with E-state index in [1.165, 1.54) is 7.11 Å². The van der Waals surface area contributed by atoms with E-state index < -0.39 is 0 Å². The number of rotatable bonds is 14. The van der Waals surface area contributed by atoms with Gasteiger partial charge in [0.15, 0.2) is 5.96 Å². The van der Waals surface area contributed by atoms with Gasteiger partial charge in [-0.3, -0.25) is 9.79 Å². The summed E-state index contributed by atoms with van der Waals surface area (Å²) in [6.45, 7) is 7.56. The maximum Gasteiger partial charge on any atom is 0.305 e. The van der Waals surface area contributed by atoms with Crippen molar-refractivity contribution in [1.29, 1.82) is 0 Å². The number of esters is 1. The summed E-state index contributed by atoms with van der Waals surface area (Å²) in [5.74, 6) is 1.37. The van der Waals surface area contributed by atoms with Crippen LogP contribution in [0.25, 0.3) is 0 Å². The van der Waals surface area contributed by atoms with E-state index in [1.54, 1.807) is 0 Å². The Hall–Kier alpha value is -2.32. The second-order valence-corrected chi connectivity index (χ2v) is 8.07. The zero-order chi connectivity index (χ0) is 23.0. The molecule has 1 saturated heterocycles. The monoisotopic (exact) mass is 449 g/mol. The van der Waals surface area contributed by atoms with Gasteiger partial charge in [-0.2, -0.15) is 0 Å². The summed E-state index contributed by atoms with van der Waals surface area (Å²) >= 11 is 0. The van der Waals surface area contributed by atoms with Crippen LogP contribution in [0.2, 0.25) is 0 Å². The number of nitrogens with zero attached hydrogens (tertiary/aromatic N) is 1. The maximum atomic E-state index is 11.2. The third-order valence-electron chi connectivity index (χ3n) is 4.86. The van der Waals surface area contributed by atoms with Crippen molar-refractivity contribution in [1.82, 2.24) is 5.32 Å². The standard InChI is InChI=1S/C24H39N3O5/c1-19(2)32-21-12-10-20(11-13-21)27-24(25-14-5-4-9-23(28)29-3)26-15-7-16-30-18-22-8-6-17-31-22/h10-13,19,22H,4-9,14-18H2,1-3H3,(H2,25,26,27). The molecule has 0 aromatic heterocycles. The quantitative estimate of drug-likeness (QED) is 0.193. The number of unbranched alkanes of at least 4 members (excludes halogenated alkanes) is 1.